The number of hydrogen-bond acceptors (Lipinski definition) is 5. The number of amides is 1. The zero-order valence-electron chi connectivity index (χ0n) is 17.3. The van der Waals surface area contributed by atoms with Crippen LogP contribution in [0.1, 0.15) is 38.1 Å². The zero-order valence-corrected chi connectivity index (χ0v) is 19.0. The molecule has 0 bridgehead atoms. The lowest BCUT2D eigenvalue weighted by Gasteiger charge is -2.25. The van der Waals surface area contributed by atoms with E-state index in [1.54, 1.807) is 0 Å². The van der Waals surface area contributed by atoms with Crippen molar-refractivity contribution in [2.24, 2.45) is 0 Å². The first-order valence-corrected chi connectivity index (χ1v) is 12.5. The molecule has 1 fully saturated rings. The summed E-state index contributed by atoms with van der Waals surface area (Å²) in [6.45, 7) is 0. The van der Waals surface area contributed by atoms with Gasteiger partial charge in [0.2, 0.25) is 5.91 Å². The number of thioether (sulfide) groups is 1. The van der Waals surface area contributed by atoms with E-state index < -0.39 is 0 Å². The van der Waals surface area contributed by atoms with Crippen molar-refractivity contribution in [1.82, 2.24) is 9.55 Å². The van der Waals surface area contributed by atoms with Crippen molar-refractivity contribution < 1.29 is 9.18 Å². The number of benzene rings is 2. The highest BCUT2D eigenvalue weighted by Gasteiger charge is 2.24. The first-order chi connectivity index (χ1) is 15.6. The van der Waals surface area contributed by atoms with Gasteiger partial charge < -0.3 is 5.32 Å². The summed E-state index contributed by atoms with van der Waals surface area (Å²) in [5.41, 5.74) is 1.24. The van der Waals surface area contributed by atoms with Crippen LogP contribution >= 0.6 is 23.1 Å². The van der Waals surface area contributed by atoms with Crippen molar-refractivity contribution >= 4 is 55.0 Å². The van der Waals surface area contributed by atoms with Crippen molar-refractivity contribution in [3.05, 3.63) is 64.7 Å². The summed E-state index contributed by atoms with van der Waals surface area (Å²) in [5.74, 6) is -0.458. The zero-order chi connectivity index (χ0) is 22.1. The Morgan fingerprint density at radius 2 is 1.88 bits per heavy atom. The van der Waals surface area contributed by atoms with Crippen molar-refractivity contribution in [2.45, 2.75) is 43.3 Å². The molecule has 8 heteroatoms. The Balaban J connectivity index is 1.49. The van der Waals surface area contributed by atoms with Gasteiger partial charge >= 0.3 is 0 Å². The van der Waals surface area contributed by atoms with E-state index >= 15 is 0 Å². The molecule has 1 saturated carbocycles. The fraction of sp³-hybridized carbons (Fsp3) is 0.292. The van der Waals surface area contributed by atoms with Crippen LogP contribution in [0.4, 0.5) is 10.1 Å². The van der Waals surface area contributed by atoms with Crippen LogP contribution < -0.4 is 10.9 Å². The van der Waals surface area contributed by atoms with Gasteiger partial charge in [-0.3, -0.25) is 14.2 Å². The molecular weight excluding hydrogens is 445 g/mol. The Hall–Kier alpha value is -2.71. The molecule has 0 atom stereocenters. The molecule has 32 heavy (non-hydrogen) atoms. The van der Waals surface area contributed by atoms with Crippen LogP contribution in [0, 0.1) is 5.82 Å². The van der Waals surface area contributed by atoms with Gasteiger partial charge in [-0.2, -0.15) is 0 Å². The average molecular weight is 468 g/mol. The summed E-state index contributed by atoms with van der Waals surface area (Å²) >= 11 is 2.77. The highest BCUT2D eigenvalue weighted by Crippen LogP contribution is 2.35. The van der Waals surface area contributed by atoms with Gasteiger partial charge in [0.1, 0.15) is 10.5 Å². The molecule has 2 aromatic heterocycles. The minimum absolute atomic E-state index is 0.00968. The molecular formula is C24H22FN3O2S2. The summed E-state index contributed by atoms with van der Waals surface area (Å²) in [6, 6.07) is 13.7. The largest absolute Gasteiger partial charge is 0.325 e. The second-order valence-corrected chi connectivity index (χ2v) is 9.98. The lowest BCUT2D eigenvalue weighted by molar-refractivity contribution is -0.113. The molecule has 2 aromatic carbocycles. The topological polar surface area (TPSA) is 64.0 Å². The van der Waals surface area contributed by atoms with Crippen LogP contribution in [0.2, 0.25) is 0 Å². The van der Waals surface area contributed by atoms with Gasteiger partial charge in [-0.05, 0) is 43.2 Å². The molecule has 2 heterocycles. The van der Waals surface area contributed by atoms with Crippen molar-refractivity contribution in [3.63, 3.8) is 0 Å². The van der Waals surface area contributed by atoms with E-state index in [0.717, 1.165) is 35.8 Å². The molecule has 0 unspecified atom stereocenters. The lowest BCUT2D eigenvalue weighted by atomic mass is 9.95. The first-order valence-electron chi connectivity index (χ1n) is 10.7. The van der Waals surface area contributed by atoms with Gasteiger partial charge in [-0.25, -0.2) is 9.37 Å². The van der Waals surface area contributed by atoms with Gasteiger partial charge in [-0.1, -0.05) is 49.2 Å². The molecule has 1 amide bonds. The molecule has 0 aliphatic heterocycles. The molecule has 0 saturated heterocycles. The monoisotopic (exact) mass is 467 g/mol. The van der Waals surface area contributed by atoms with Gasteiger partial charge in [0.15, 0.2) is 5.16 Å². The lowest BCUT2D eigenvalue weighted by Crippen LogP contribution is -2.29. The summed E-state index contributed by atoms with van der Waals surface area (Å²) in [5, 5.41) is 4.34. The van der Waals surface area contributed by atoms with E-state index in [-0.39, 0.29) is 29.1 Å². The Bertz CT molecular complexity index is 1340. The number of carbonyl (C=O) groups excluding carboxylic acids is 1. The minimum Gasteiger partial charge on any atom is -0.325 e. The highest BCUT2D eigenvalue weighted by molar-refractivity contribution is 7.99. The fourth-order valence-electron chi connectivity index (χ4n) is 4.26. The van der Waals surface area contributed by atoms with Crippen LogP contribution in [0.15, 0.2) is 58.5 Å². The molecule has 4 aromatic rings. The molecule has 5 rings (SSSR count). The van der Waals surface area contributed by atoms with Gasteiger partial charge in [0, 0.05) is 21.8 Å². The van der Waals surface area contributed by atoms with Crippen LogP contribution in [-0.4, -0.2) is 21.2 Å². The number of hydrogen-bond donors (Lipinski definition) is 1. The Morgan fingerprint density at radius 1 is 1.12 bits per heavy atom. The van der Waals surface area contributed by atoms with Crippen LogP contribution in [0.25, 0.3) is 20.3 Å². The SMILES string of the molecule is O=C(CSc1nc2c(sc3ccccc32)c(=O)n1C1CCCCC1)Nc1ccc(F)cc1. The van der Waals surface area contributed by atoms with E-state index in [4.69, 9.17) is 4.98 Å². The average Bonchev–Trinajstić information content (AvgIpc) is 3.19. The smallest absolute Gasteiger partial charge is 0.272 e. The maximum absolute atomic E-state index is 13.6. The number of anilines is 1. The number of halogens is 1. The molecule has 164 valence electrons. The van der Waals surface area contributed by atoms with E-state index in [2.05, 4.69) is 5.32 Å². The summed E-state index contributed by atoms with van der Waals surface area (Å²) < 4.78 is 16.7. The maximum atomic E-state index is 13.6. The summed E-state index contributed by atoms with van der Waals surface area (Å²) in [7, 11) is 0. The van der Waals surface area contributed by atoms with Crippen LogP contribution in [0.5, 0.6) is 0 Å². The number of aromatic nitrogens is 2. The third-order valence-electron chi connectivity index (χ3n) is 5.80. The predicted octanol–water partition coefficient (Wildman–Crippen LogP) is 5.99. The highest BCUT2D eigenvalue weighted by atomic mass is 32.2. The second kappa shape index (κ2) is 9.03. The van der Waals surface area contributed by atoms with Crippen LogP contribution in [0.3, 0.4) is 0 Å². The van der Waals surface area contributed by atoms with E-state index in [0.29, 0.717) is 21.1 Å². The Morgan fingerprint density at radius 3 is 2.66 bits per heavy atom. The van der Waals surface area contributed by atoms with Gasteiger partial charge in [-0.15, -0.1) is 11.3 Å². The number of nitrogens with one attached hydrogen (secondary N) is 1. The number of nitrogens with zero attached hydrogens (tertiary/aromatic N) is 2. The molecule has 0 radical (unpaired) electrons. The number of carbonyl (C=O) groups is 1. The van der Waals surface area contributed by atoms with Crippen molar-refractivity contribution in [1.29, 1.82) is 0 Å². The molecule has 0 spiro atoms. The number of thiophene rings is 1. The second-order valence-electron chi connectivity index (χ2n) is 7.98. The number of rotatable bonds is 5. The Kier molecular flexibility index (Phi) is 5.97. The maximum Gasteiger partial charge on any atom is 0.272 e. The van der Waals surface area contributed by atoms with E-state index in [1.807, 2.05) is 28.8 Å². The Labute approximate surface area is 192 Å². The predicted molar refractivity (Wildman–Crippen MR) is 129 cm³/mol. The standard InChI is InChI=1S/C24H22FN3O2S2/c25-15-10-12-16(13-11-15)26-20(29)14-31-24-27-21-18-8-4-5-9-19(18)32-22(21)23(30)28(24)17-6-2-1-3-7-17/h4-5,8-13,17H,1-3,6-7,14H2,(H,26,29). The van der Waals surface area contributed by atoms with Crippen LogP contribution in [-0.2, 0) is 4.79 Å². The molecule has 1 aliphatic carbocycles. The van der Waals surface area contributed by atoms with Crippen molar-refractivity contribution in [3.8, 4) is 0 Å². The third-order valence-corrected chi connectivity index (χ3v) is 7.90. The van der Waals surface area contributed by atoms with Gasteiger partial charge in [0.25, 0.3) is 5.56 Å². The van der Waals surface area contributed by atoms with E-state index in [1.165, 1.54) is 53.8 Å². The minimum atomic E-state index is -0.352. The molecule has 1 aliphatic rings. The summed E-state index contributed by atoms with van der Waals surface area (Å²) in [4.78, 5) is 31.0. The quantitative estimate of drug-likeness (QED) is 0.289. The normalized spacial score (nSPS) is 14.8. The van der Waals surface area contributed by atoms with Gasteiger partial charge in [0.05, 0.1) is 11.3 Å². The van der Waals surface area contributed by atoms with E-state index in [9.17, 15) is 14.0 Å². The third kappa shape index (κ3) is 4.17. The molecule has 5 nitrogen and oxygen atoms in total. The molecule has 1 N–H and O–H groups in total. The first kappa shape index (κ1) is 21.2. The summed E-state index contributed by atoms with van der Waals surface area (Å²) in [6.07, 6.45) is 5.28. The fourth-order valence-corrected chi connectivity index (χ4v) is 6.20. The van der Waals surface area contributed by atoms with Crippen molar-refractivity contribution in [2.75, 3.05) is 11.1 Å². The number of fused-ring (bicyclic) bond motifs is 3.